The first-order chi connectivity index (χ1) is 18.3. The lowest BCUT2D eigenvalue weighted by atomic mass is 10.4. The predicted octanol–water partition coefficient (Wildman–Crippen LogP) is 9.86. The van der Waals surface area contributed by atoms with Gasteiger partial charge in [0.05, 0.1) is 0 Å². The zero-order chi connectivity index (χ0) is 32.3. The van der Waals surface area contributed by atoms with Gasteiger partial charge in [-0.15, -0.1) is 0 Å². The molecule has 20 heteroatoms. The van der Waals surface area contributed by atoms with Crippen molar-refractivity contribution in [3.05, 3.63) is 60.7 Å². The van der Waals surface area contributed by atoms with Crippen LogP contribution >= 0.6 is 0 Å². The van der Waals surface area contributed by atoms with Crippen molar-refractivity contribution in [3.8, 4) is 0 Å². The van der Waals surface area contributed by atoms with Crippen molar-refractivity contribution in [2.45, 2.75) is 52.4 Å². The van der Waals surface area contributed by atoms with Crippen molar-refractivity contribution in [1.82, 2.24) is 0 Å². The summed E-state index contributed by atoms with van der Waals surface area (Å²) in [4.78, 5) is 0. The Labute approximate surface area is 229 Å². The molecule has 0 atom stereocenters. The summed E-state index contributed by atoms with van der Waals surface area (Å²) in [5, 5.41) is 2.30. The molecule has 2 rings (SSSR count). The van der Waals surface area contributed by atoms with Crippen LogP contribution < -0.4 is 10.4 Å². The Hall–Kier alpha value is -1.72. The number of rotatable bonds is 8. The van der Waals surface area contributed by atoms with E-state index >= 15 is 0 Å². The van der Waals surface area contributed by atoms with Crippen molar-refractivity contribution in [1.29, 1.82) is 0 Å². The molecule has 40 heavy (non-hydrogen) atoms. The van der Waals surface area contributed by atoms with Gasteiger partial charge in [0.2, 0.25) is 0 Å². The van der Waals surface area contributed by atoms with Crippen molar-refractivity contribution >= 4 is 44.1 Å². The van der Waals surface area contributed by atoms with E-state index in [1.54, 1.807) is 0 Å². The molecule has 2 aromatic carbocycles. The van der Waals surface area contributed by atoms with Gasteiger partial charge in [0.25, 0.3) is 0 Å². The van der Waals surface area contributed by atoms with Crippen molar-refractivity contribution < 1.29 is 71.9 Å². The number of halogens is 13. The normalized spacial score (nSPS) is 10.1. The molecule has 0 radical (unpaired) electrons. The Bertz CT molecular complexity index is 719. The highest BCUT2D eigenvalue weighted by molar-refractivity contribution is 7.02. The van der Waals surface area contributed by atoms with Gasteiger partial charge in [-0.25, -0.2) is 0 Å². The molecule has 0 spiro atoms. The third kappa shape index (κ3) is 23.0. The number of hydrogen-bond donors (Lipinski definition) is 0. The Morgan fingerprint density at radius 3 is 0.875 bits per heavy atom. The van der Waals surface area contributed by atoms with Crippen molar-refractivity contribution in [2.24, 2.45) is 0 Å². The van der Waals surface area contributed by atoms with E-state index in [0.717, 1.165) is 10.4 Å². The molecule has 2 aromatic rings. The second kappa shape index (κ2) is 28.8. The third-order valence-electron chi connectivity index (χ3n) is 3.70. The summed E-state index contributed by atoms with van der Waals surface area (Å²) in [5.74, 6) is 0. The monoisotopic (exact) mass is 682 g/mol. The minimum atomic E-state index is -2.90. The summed E-state index contributed by atoms with van der Waals surface area (Å²) in [7, 11) is -8.96. The fraction of sp³-hybridized carbons (Fsp3) is 0.400. The second-order valence-corrected chi connectivity index (χ2v) is 25.4. The number of hydrogen-bond acceptors (Lipinski definition) is 3. The summed E-state index contributed by atoms with van der Waals surface area (Å²) < 4.78 is 117. The fourth-order valence-electron chi connectivity index (χ4n) is 3.27. The van der Waals surface area contributed by atoms with E-state index in [1.165, 1.54) is 0 Å². The van der Waals surface area contributed by atoms with Crippen LogP contribution in [0.4, 0.5) is 59.6 Å². The van der Waals surface area contributed by atoms with Crippen LogP contribution in [0.2, 0.25) is 52.4 Å². The smallest absolute Gasteiger partial charge is 0.388 e. The highest BCUT2D eigenvalue weighted by Crippen LogP contribution is 2.24. The maximum absolute atomic E-state index is 8.00. The molecule has 0 saturated heterocycles. The van der Waals surface area contributed by atoms with Crippen LogP contribution in [0.1, 0.15) is 0 Å². The molecule has 0 unspecified atom stereocenters. The largest absolute Gasteiger partial charge is 0.437 e. The van der Waals surface area contributed by atoms with Gasteiger partial charge in [0.15, 0.2) is 16.6 Å². The van der Waals surface area contributed by atoms with E-state index in [4.69, 9.17) is 67.2 Å². The average molecular weight is 683 g/mol. The molecule has 0 aliphatic carbocycles. The van der Waals surface area contributed by atoms with Crippen LogP contribution in [0.25, 0.3) is 0 Å². The summed E-state index contributed by atoms with van der Waals surface area (Å²) in [6.07, 6.45) is 0. The molecule has 0 bridgehead atoms. The molecule has 0 N–H and O–H groups in total. The molecule has 0 heterocycles. The zero-order valence-electron chi connectivity index (χ0n) is 22.9. The molecule has 0 amide bonds. The molecule has 0 fully saturated rings. The topological polar surface area (TPSA) is 27.7 Å². The predicted molar refractivity (Wildman–Crippen MR) is 141 cm³/mol. The van der Waals surface area contributed by atoms with Gasteiger partial charge in [0.1, 0.15) is 0 Å². The van der Waals surface area contributed by atoms with E-state index in [-0.39, 0.29) is 4.70 Å². The molecule has 0 aromatic heterocycles. The highest BCUT2D eigenvalue weighted by Gasteiger charge is 2.51. The Balaban J connectivity index is -0.000000196. The van der Waals surface area contributed by atoms with E-state index in [2.05, 4.69) is 101 Å². The first-order valence-corrected chi connectivity index (χ1v) is 21.9. The summed E-state index contributed by atoms with van der Waals surface area (Å²) >= 11 is 0. The van der Waals surface area contributed by atoms with Crippen molar-refractivity contribution in [2.75, 3.05) is 0 Å². The summed E-state index contributed by atoms with van der Waals surface area (Å²) in [6, 6.07) is 21.0. The number of benzene rings is 2. The lowest BCUT2D eigenvalue weighted by Gasteiger charge is -2.43. The molecule has 240 valence electrons. The van der Waals surface area contributed by atoms with Crippen LogP contribution in [-0.4, -0.2) is 33.8 Å². The van der Waals surface area contributed by atoms with Gasteiger partial charge in [-0.05, 0) is 62.7 Å². The lowest BCUT2D eigenvalue weighted by Crippen LogP contribution is -2.71. The standard InChI is InChI=1S/C20H34O3Si4.6F2.FH/c1-24(2,3)21-26(7,8)23-27(22-25(4,5)6,19-15-11-9-12-16-19)20-17-13-10-14-18-20;6*1-2;/h9-18H,1-8H3;;;;;;;1H. The average Bonchev–Trinajstić information content (AvgIpc) is 2.94. The zero-order valence-corrected chi connectivity index (χ0v) is 26.9. The molecule has 0 saturated carbocycles. The van der Waals surface area contributed by atoms with Gasteiger partial charge in [-0.1, -0.05) is 60.7 Å². The first kappa shape index (κ1) is 51.1. The maximum Gasteiger partial charge on any atom is 0.388 e. The van der Waals surface area contributed by atoms with Crippen LogP contribution in [0.15, 0.2) is 60.7 Å². The lowest BCUT2D eigenvalue weighted by molar-refractivity contribution is 0.108. The van der Waals surface area contributed by atoms with Crippen LogP contribution in [0.5, 0.6) is 0 Å². The Morgan fingerprint density at radius 2 is 0.650 bits per heavy atom. The van der Waals surface area contributed by atoms with Gasteiger partial charge in [0, 0.05) is 54.9 Å². The van der Waals surface area contributed by atoms with Crippen LogP contribution in [-0.2, 0) is 12.3 Å². The highest BCUT2D eigenvalue weighted by atomic mass is 28.5. The first-order valence-electron chi connectivity index (χ1n) is 10.4. The molecular formula is C20H35F13O3Si4. The summed E-state index contributed by atoms with van der Waals surface area (Å²) in [5.41, 5.74) is 0. The van der Waals surface area contributed by atoms with Crippen LogP contribution in [0, 0.1) is 0 Å². The Kier molecular flexibility index (Phi) is 36.8. The third-order valence-corrected chi connectivity index (χ3v) is 17.0. The maximum atomic E-state index is 8.00. The summed E-state index contributed by atoms with van der Waals surface area (Å²) in [6.45, 7) is 17.7. The van der Waals surface area contributed by atoms with Gasteiger partial charge in [-0.3, -0.25) is 4.70 Å². The second-order valence-electron chi connectivity index (χ2n) is 9.28. The van der Waals surface area contributed by atoms with Gasteiger partial charge in [-0.2, -0.15) is 0 Å². The minimum absolute atomic E-state index is 0. The molecule has 3 nitrogen and oxygen atoms in total. The molecular weight excluding hydrogens is 648 g/mol. The molecule has 0 aliphatic rings. The van der Waals surface area contributed by atoms with E-state index in [9.17, 15) is 0 Å². The van der Waals surface area contributed by atoms with Gasteiger partial charge < -0.3 is 12.3 Å². The van der Waals surface area contributed by atoms with E-state index < -0.39 is 33.8 Å². The van der Waals surface area contributed by atoms with Gasteiger partial charge >= 0.3 is 17.1 Å². The van der Waals surface area contributed by atoms with E-state index in [1.807, 2.05) is 12.1 Å². The van der Waals surface area contributed by atoms with Crippen LogP contribution in [0.3, 0.4) is 0 Å². The fourth-order valence-corrected chi connectivity index (χ4v) is 20.0. The quantitative estimate of drug-likeness (QED) is 0.205. The molecule has 0 aliphatic heterocycles. The van der Waals surface area contributed by atoms with Crippen molar-refractivity contribution in [3.63, 3.8) is 0 Å². The minimum Gasteiger partial charge on any atom is -0.437 e. The Morgan fingerprint density at radius 1 is 0.400 bits per heavy atom. The van der Waals surface area contributed by atoms with E-state index in [0.29, 0.717) is 0 Å². The SMILES string of the molecule is C[Si](C)(C)O[Si](C)(C)O[Si](O[Si](C)(C)C)(c1ccccc1)c1ccccc1.F.FF.FF.FF.FF.FF.FF.